The summed E-state index contributed by atoms with van der Waals surface area (Å²) in [5.74, 6) is -0.275. The van der Waals surface area contributed by atoms with Gasteiger partial charge in [-0.3, -0.25) is 0 Å². The number of aliphatic hydroxyl groups is 2. The number of allylic oxidation sites excluding steroid dienone is 2. The maximum Gasteiger partial charge on any atom is 0.139 e. The summed E-state index contributed by atoms with van der Waals surface area (Å²) in [5.41, 5.74) is 3.34. The Morgan fingerprint density at radius 3 is 1.13 bits per heavy atom. The number of anilines is 2. The maximum absolute atomic E-state index is 11.3. The van der Waals surface area contributed by atoms with Crippen molar-refractivity contribution in [2.24, 2.45) is 0 Å². The molecule has 4 N–H and O–H groups in total. The number of phenols is 2. The van der Waals surface area contributed by atoms with Crippen LogP contribution in [0.5, 0.6) is 11.5 Å². The Balaban J connectivity index is 1.43. The van der Waals surface area contributed by atoms with Crippen LogP contribution < -0.4 is 9.80 Å². The van der Waals surface area contributed by atoms with Crippen LogP contribution in [0.2, 0.25) is 0 Å². The molecule has 0 unspecified atom stereocenters. The molecule has 0 saturated carbocycles. The largest absolute Gasteiger partial charge is 0.507 e. The summed E-state index contributed by atoms with van der Waals surface area (Å²) < 4.78 is 0. The Bertz CT molecular complexity index is 1600. The van der Waals surface area contributed by atoms with E-state index in [1.807, 2.05) is 36.4 Å². The van der Waals surface area contributed by atoms with Gasteiger partial charge in [-0.15, -0.1) is 0 Å². The second-order valence-corrected chi connectivity index (χ2v) is 12.6. The lowest BCUT2D eigenvalue weighted by Crippen LogP contribution is -2.25. The molecule has 0 radical (unpaired) electrons. The standard InChI is InChI=1S/C40H50N2O4/c1-5-9-21-41(22-10-6-2)29-15-19-31-27(25-29)13-17-33(37(31)43)35-39(45)36(40(35)46)34-18-14-28-26-30(16-20-32(28)38(34)44)42(23-11-7-3)24-12-8-4/h13-20,25-26,43-46H,5-12,21-24H2,1-4H3. The summed E-state index contributed by atoms with van der Waals surface area (Å²) in [7, 11) is 0. The third-order valence-corrected chi connectivity index (χ3v) is 9.29. The van der Waals surface area contributed by atoms with Gasteiger partial charge >= 0.3 is 0 Å². The molecule has 1 aliphatic carbocycles. The van der Waals surface area contributed by atoms with Crippen molar-refractivity contribution in [2.45, 2.75) is 79.1 Å². The van der Waals surface area contributed by atoms with Crippen LogP contribution in [0.25, 0.3) is 32.7 Å². The molecule has 46 heavy (non-hydrogen) atoms. The summed E-state index contributed by atoms with van der Waals surface area (Å²) in [6, 6.07) is 19.5. The van der Waals surface area contributed by atoms with Gasteiger partial charge in [0.2, 0.25) is 0 Å². The molecule has 0 amide bonds. The minimum Gasteiger partial charge on any atom is -0.507 e. The fraction of sp³-hybridized carbons (Fsp3) is 0.400. The van der Waals surface area contributed by atoms with Crippen LogP contribution in [-0.4, -0.2) is 46.6 Å². The minimum atomic E-state index is -0.148. The Hall–Kier alpha value is -4.32. The van der Waals surface area contributed by atoms with Gasteiger partial charge in [-0.2, -0.15) is 0 Å². The van der Waals surface area contributed by atoms with Gasteiger partial charge in [-0.05, 0) is 85.0 Å². The lowest BCUT2D eigenvalue weighted by Gasteiger charge is -2.27. The summed E-state index contributed by atoms with van der Waals surface area (Å²) in [6.45, 7) is 12.8. The van der Waals surface area contributed by atoms with Crippen molar-refractivity contribution in [3.8, 4) is 11.5 Å². The van der Waals surface area contributed by atoms with E-state index in [1.54, 1.807) is 12.1 Å². The van der Waals surface area contributed by atoms with E-state index in [4.69, 9.17) is 0 Å². The lowest BCUT2D eigenvalue weighted by molar-refractivity contribution is 0.387. The predicted octanol–water partition coefficient (Wildman–Crippen LogP) is 10.5. The van der Waals surface area contributed by atoms with E-state index < -0.39 is 0 Å². The predicted molar refractivity (Wildman–Crippen MR) is 194 cm³/mol. The molecule has 0 heterocycles. The van der Waals surface area contributed by atoms with Gasteiger partial charge in [0.05, 0.1) is 11.1 Å². The van der Waals surface area contributed by atoms with Gasteiger partial charge in [0.1, 0.15) is 23.0 Å². The molecule has 5 rings (SSSR count). The van der Waals surface area contributed by atoms with Crippen LogP contribution in [0, 0.1) is 0 Å². The number of fused-ring (bicyclic) bond motifs is 2. The average molecular weight is 623 g/mol. The Kier molecular flexibility index (Phi) is 10.7. The van der Waals surface area contributed by atoms with Crippen molar-refractivity contribution in [1.29, 1.82) is 0 Å². The molecule has 0 fully saturated rings. The van der Waals surface area contributed by atoms with E-state index in [-0.39, 0.29) is 34.2 Å². The number of rotatable bonds is 16. The van der Waals surface area contributed by atoms with Crippen molar-refractivity contribution >= 4 is 44.1 Å². The third-order valence-electron chi connectivity index (χ3n) is 9.29. The minimum absolute atomic E-state index is 0.0100. The van der Waals surface area contributed by atoms with Crippen LogP contribution in [-0.2, 0) is 0 Å². The first-order valence-electron chi connectivity index (χ1n) is 17.2. The highest BCUT2D eigenvalue weighted by Crippen LogP contribution is 2.50. The molecule has 244 valence electrons. The van der Waals surface area contributed by atoms with Crippen LogP contribution in [0.15, 0.2) is 72.2 Å². The number of unbranched alkanes of at least 4 members (excludes halogenated alkanes) is 4. The maximum atomic E-state index is 11.3. The molecule has 4 aromatic carbocycles. The molecular formula is C40H50N2O4. The Morgan fingerprint density at radius 1 is 0.457 bits per heavy atom. The van der Waals surface area contributed by atoms with Crippen molar-refractivity contribution in [3.05, 3.63) is 83.3 Å². The molecule has 0 saturated heterocycles. The quantitative estimate of drug-likeness (QED) is 0.0994. The lowest BCUT2D eigenvalue weighted by atomic mass is 9.82. The number of nitrogens with zero attached hydrogens (tertiary/aromatic N) is 2. The first-order chi connectivity index (χ1) is 22.3. The third kappa shape index (κ3) is 6.48. The highest BCUT2D eigenvalue weighted by molar-refractivity contribution is 6.11. The van der Waals surface area contributed by atoms with E-state index in [2.05, 4.69) is 49.6 Å². The zero-order valence-corrected chi connectivity index (χ0v) is 27.9. The van der Waals surface area contributed by atoms with Crippen molar-refractivity contribution in [3.63, 3.8) is 0 Å². The molecule has 0 spiro atoms. The first kappa shape index (κ1) is 33.1. The fourth-order valence-corrected chi connectivity index (χ4v) is 6.46. The number of aliphatic hydroxyl groups excluding tert-OH is 2. The normalized spacial score (nSPS) is 13.1. The van der Waals surface area contributed by atoms with Gasteiger partial charge in [0.25, 0.3) is 0 Å². The van der Waals surface area contributed by atoms with Gasteiger partial charge in [-0.25, -0.2) is 0 Å². The number of aromatic hydroxyl groups is 2. The SMILES string of the molecule is CCCCN(CCCC)c1ccc2c(O)c(C3=C(O)C(c4ccc5cc(N(CCCC)CCCC)ccc5c4O)=C3O)ccc2c1. The molecule has 0 bridgehead atoms. The highest BCUT2D eigenvalue weighted by Gasteiger charge is 2.35. The molecular weight excluding hydrogens is 572 g/mol. The molecule has 4 aromatic rings. The second-order valence-electron chi connectivity index (χ2n) is 12.6. The van der Waals surface area contributed by atoms with E-state index in [0.29, 0.717) is 21.9 Å². The molecule has 6 nitrogen and oxygen atoms in total. The topological polar surface area (TPSA) is 87.4 Å². The number of hydrogen-bond donors (Lipinski definition) is 4. The molecule has 6 heteroatoms. The van der Waals surface area contributed by atoms with Gasteiger partial charge in [-0.1, -0.05) is 65.5 Å². The Morgan fingerprint density at radius 2 is 0.804 bits per heavy atom. The highest BCUT2D eigenvalue weighted by atomic mass is 16.3. The number of benzene rings is 4. The van der Waals surface area contributed by atoms with Crippen LogP contribution in [0.1, 0.15) is 90.2 Å². The zero-order chi connectivity index (χ0) is 32.8. The average Bonchev–Trinajstić information content (AvgIpc) is 3.07. The summed E-state index contributed by atoms with van der Waals surface area (Å²) >= 11 is 0. The van der Waals surface area contributed by atoms with Crippen LogP contribution in [0.3, 0.4) is 0 Å². The van der Waals surface area contributed by atoms with Gasteiger partial charge < -0.3 is 30.2 Å². The summed E-state index contributed by atoms with van der Waals surface area (Å²) in [6.07, 6.45) is 9.02. The van der Waals surface area contributed by atoms with Crippen LogP contribution in [0.4, 0.5) is 11.4 Å². The van der Waals surface area contributed by atoms with Crippen molar-refractivity contribution < 1.29 is 20.4 Å². The van der Waals surface area contributed by atoms with Crippen LogP contribution >= 0.6 is 0 Å². The molecule has 0 aliphatic heterocycles. The first-order valence-corrected chi connectivity index (χ1v) is 17.2. The summed E-state index contributed by atoms with van der Waals surface area (Å²) in [5, 5.41) is 48.2. The zero-order valence-electron chi connectivity index (χ0n) is 27.9. The summed E-state index contributed by atoms with van der Waals surface area (Å²) in [4.78, 5) is 4.81. The van der Waals surface area contributed by atoms with Gasteiger partial charge in [0, 0.05) is 59.5 Å². The number of hydrogen-bond acceptors (Lipinski definition) is 6. The second kappa shape index (κ2) is 14.8. The Labute approximate surface area is 273 Å². The van der Waals surface area contributed by atoms with E-state index >= 15 is 0 Å². The number of phenolic OH excluding ortho intramolecular Hbond substituents is 2. The molecule has 1 aliphatic rings. The van der Waals surface area contributed by atoms with E-state index in [9.17, 15) is 20.4 Å². The van der Waals surface area contributed by atoms with Gasteiger partial charge in [0.15, 0.2) is 0 Å². The molecule has 0 aromatic heterocycles. The monoisotopic (exact) mass is 622 g/mol. The van der Waals surface area contributed by atoms with Crippen molar-refractivity contribution in [2.75, 3.05) is 36.0 Å². The van der Waals surface area contributed by atoms with E-state index in [1.165, 1.54) is 0 Å². The van der Waals surface area contributed by atoms with Crippen molar-refractivity contribution in [1.82, 2.24) is 0 Å². The van der Waals surface area contributed by atoms with E-state index in [0.717, 1.165) is 99.7 Å². The fourth-order valence-electron chi connectivity index (χ4n) is 6.46. The molecule has 0 atom stereocenters. The smallest absolute Gasteiger partial charge is 0.139 e.